The van der Waals surface area contributed by atoms with Crippen LogP contribution >= 0.6 is 24.0 Å². The molecule has 1 unspecified atom stereocenters. The van der Waals surface area contributed by atoms with E-state index in [0.29, 0.717) is 5.92 Å². The standard InChI is InChI=1S/C21H28N6.HI/c1-15-18(19-6-4-5-7-20(19)25-15)8-10-23-21(22-2)27-11-9-16(14-27)17-12-24-26(3)13-17;/h4-7,12-13,16,25H,8-11,14H2,1-3H3,(H,22,23);1H. The van der Waals surface area contributed by atoms with Crippen molar-refractivity contribution < 1.29 is 0 Å². The zero-order chi connectivity index (χ0) is 18.8. The van der Waals surface area contributed by atoms with Gasteiger partial charge in [0.15, 0.2) is 5.96 Å². The monoisotopic (exact) mass is 492 g/mol. The molecule has 150 valence electrons. The molecular weight excluding hydrogens is 463 g/mol. The average molecular weight is 492 g/mol. The van der Waals surface area contributed by atoms with Crippen LogP contribution in [-0.4, -0.2) is 52.3 Å². The van der Waals surface area contributed by atoms with Gasteiger partial charge in [0.1, 0.15) is 0 Å². The number of H-pyrrole nitrogens is 1. The first-order valence-corrected chi connectivity index (χ1v) is 9.66. The zero-order valence-corrected chi connectivity index (χ0v) is 19.1. The summed E-state index contributed by atoms with van der Waals surface area (Å²) in [6, 6.07) is 8.52. The van der Waals surface area contributed by atoms with Gasteiger partial charge in [0.2, 0.25) is 0 Å². The Morgan fingerprint density at radius 3 is 2.93 bits per heavy atom. The molecule has 6 nitrogen and oxygen atoms in total. The number of benzene rings is 1. The Kier molecular flexibility index (Phi) is 6.64. The molecule has 1 fully saturated rings. The van der Waals surface area contributed by atoms with Crippen LogP contribution in [0.15, 0.2) is 41.7 Å². The van der Waals surface area contributed by atoms with Crippen LogP contribution in [0.1, 0.15) is 29.2 Å². The van der Waals surface area contributed by atoms with Crippen LogP contribution in [0, 0.1) is 6.92 Å². The van der Waals surface area contributed by atoms with Crippen molar-refractivity contribution >= 4 is 40.8 Å². The summed E-state index contributed by atoms with van der Waals surface area (Å²) in [5, 5.41) is 9.20. The highest BCUT2D eigenvalue weighted by Crippen LogP contribution is 2.27. The van der Waals surface area contributed by atoms with E-state index in [1.807, 2.05) is 25.0 Å². The van der Waals surface area contributed by atoms with Crippen LogP contribution in [0.25, 0.3) is 10.9 Å². The van der Waals surface area contributed by atoms with Crippen LogP contribution < -0.4 is 5.32 Å². The Morgan fingerprint density at radius 2 is 2.18 bits per heavy atom. The summed E-state index contributed by atoms with van der Waals surface area (Å²) >= 11 is 0. The summed E-state index contributed by atoms with van der Waals surface area (Å²) in [4.78, 5) is 10.4. The lowest BCUT2D eigenvalue weighted by molar-refractivity contribution is 0.486. The molecule has 1 atom stereocenters. The SMILES string of the molecule is CN=C(NCCc1c(C)[nH]c2ccccc12)N1CCC(c2cnn(C)c2)C1.I. The fourth-order valence-electron chi connectivity index (χ4n) is 4.16. The minimum absolute atomic E-state index is 0. The van der Waals surface area contributed by atoms with Gasteiger partial charge in [0, 0.05) is 62.4 Å². The van der Waals surface area contributed by atoms with Gasteiger partial charge in [-0.2, -0.15) is 5.10 Å². The second-order valence-electron chi connectivity index (χ2n) is 7.38. The number of aromatic nitrogens is 3. The first kappa shape index (κ1) is 20.7. The van der Waals surface area contributed by atoms with E-state index in [0.717, 1.165) is 38.4 Å². The number of aromatic amines is 1. The maximum atomic E-state index is 4.51. The molecule has 0 bridgehead atoms. The summed E-state index contributed by atoms with van der Waals surface area (Å²) in [7, 11) is 3.85. The number of guanidine groups is 1. The molecule has 2 aromatic heterocycles. The molecule has 3 aromatic rings. The molecule has 1 saturated heterocycles. The van der Waals surface area contributed by atoms with Gasteiger partial charge in [0.05, 0.1) is 6.20 Å². The van der Waals surface area contributed by atoms with Gasteiger partial charge in [-0.1, -0.05) is 18.2 Å². The largest absolute Gasteiger partial charge is 0.358 e. The van der Waals surface area contributed by atoms with E-state index in [1.54, 1.807) is 0 Å². The molecule has 0 aliphatic carbocycles. The number of para-hydroxylation sites is 1. The molecule has 1 aliphatic heterocycles. The second-order valence-corrected chi connectivity index (χ2v) is 7.38. The normalized spacial score (nSPS) is 17.2. The quantitative estimate of drug-likeness (QED) is 0.333. The predicted molar refractivity (Wildman–Crippen MR) is 126 cm³/mol. The minimum Gasteiger partial charge on any atom is -0.358 e. The van der Waals surface area contributed by atoms with Crippen molar-refractivity contribution in [3.63, 3.8) is 0 Å². The Labute approximate surface area is 183 Å². The molecule has 28 heavy (non-hydrogen) atoms. The van der Waals surface area contributed by atoms with E-state index < -0.39 is 0 Å². The lowest BCUT2D eigenvalue weighted by Crippen LogP contribution is -2.40. The Hall–Kier alpha value is -2.03. The van der Waals surface area contributed by atoms with Crippen molar-refractivity contribution in [2.24, 2.45) is 12.0 Å². The van der Waals surface area contributed by atoms with Crippen LogP contribution in [0.2, 0.25) is 0 Å². The van der Waals surface area contributed by atoms with E-state index in [-0.39, 0.29) is 24.0 Å². The summed E-state index contributed by atoms with van der Waals surface area (Å²) in [6.07, 6.45) is 6.25. The number of aryl methyl sites for hydroxylation is 2. The number of hydrogen-bond acceptors (Lipinski definition) is 2. The number of fused-ring (bicyclic) bond motifs is 1. The number of aliphatic imine (C=N–C) groups is 1. The van der Waals surface area contributed by atoms with Gasteiger partial charge in [-0.05, 0) is 37.0 Å². The fourth-order valence-corrected chi connectivity index (χ4v) is 4.16. The molecule has 2 N–H and O–H groups in total. The van der Waals surface area contributed by atoms with Crippen molar-refractivity contribution in [2.75, 3.05) is 26.7 Å². The lowest BCUT2D eigenvalue weighted by Gasteiger charge is -2.21. The molecule has 0 amide bonds. The number of halogens is 1. The van der Waals surface area contributed by atoms with E-state index >= 15 is 0 Å². The third-order valence-corrected chi connectivity index (χ3v) is 5.58. The topological polar surface area (TPSA) is 61.2 Å². The molecular formula is C21H29IN6. The van der Waals surface area contributed by atoms with Gasteiger partial charge >= 0.3 is 0 Å². The van der Waals surface area contributed by atoms with Crippen molar-refractivity contribution in [1.29, 1.82) is 0 Å². The summed E-state index contributed by atoms with van der Waals surface area (Å²) < 4.78 is 1.88. The molecule has 0 radical (unpaired) electrons. The van der Waals surface area contributed by atoms with E-state index in [1.165, 1.54) is 27.7 Å². The van der Waals surface area contributed by atoms with Gasteiger partial charge < -0.3 is 15.2 Å². The van der Waals surface area contributed by atoms with Crippen LogP contribution in [-0.2, 0) is 13.5 Å². The highest BCUT2D eigenvalue weighted by atomic mass is 127. The van der Waals surface area contributed by atoms with E-state index in [9.17, 15) is 0 Å². The number of rotatable bonds is 4. The first-order chi connectivity index (χ1) is 13.2. The van der Waals surface area contributed by atoms with Crippen LogP contribution in [0.4, 0.5) is 0 Å². The minimum atomic E-state index is 0. The van der Waals surface area contributed by atoms with Gasteiger partial charge in [-0.15, -0.1) is 24.0 Å². The third kappa shape index (κ3) is 4.19. The smallest absolute Gasteiger partial charge is 0.193 e. The van der Waals surface area contributed by atoms with Crippen LogP contribution in [0.3, 0.4) is 0 Å². The lowest BCUT2D eigenvalue weighted by atomic mass is 10.0. The fraction of sp³-hybridized carbons (Fsp3) is 0.429. The van der Waals surface area contributed by atoms with Crippen molar-refractivity contribution in [1.82, 2.24) is 25.0 Å². The number of hydrogen-bond donors (Lipinski definition) is 2. The molecule has 3 heterocycles. The van der Waals surface area contributed by atoms with Crippen molar-refractivity contribution in [2.45, 2.75) is 25.7 Å². The molecule has 1 aliphatic rings. The molecule has 4 rings (SSSR count). The van der Waals surface area contributed by atoms with Crippen molar-refractivity contribution in [3.8, 4) is 0 Å². The molecule has 0 saturated carbocycles. The van der Waals surface area contributed by atoms with E-state index in [2.05, 4.69) is 62.7 Å². The zero-order valence-electron chi connectivity index (χ0n) is 16.8. The predicted octanol–water partition coefficient (Wildman–Crippen LogP) is 3.44. The molecule has 7 heteroatoms. The van der Waals surface area contributed by atoms with E-state index in [4.69, 9.17) is 0 Å². The maximum Gasteiger partial charge on any atom is 0.193 e. The van der Waals surface area contributed by atoms with Gasteiger partial charge in [-0.3, -0.25) is 9.67 Å². The number of likely N-dealkylation sites (tertiary alicyclic amines) is 1. The Bertz CT molecular complexity index is 957. The molecule has 1 aromatic carbocycles. The molecule has 0 spiro atoms. The highest BCUT2D eigenvalue weighted by Gasteiger charge is 2.26. The third-order valence-electron chi connectivity index (χ3n) is 5.58. The Morgan fingerprint density at radius 1 is 1.36 bits per heavy atom. The summed E-state index contributed by atoms with van der Waals surface area (Å²) in [5.74, 6) is 1.53. The van der Waals surface area contributed by atoms with Crippen molar-refractivity contribution in [3.05, 3.63) is 53.5 Å². The highest BCUT2D eigenvalue weighted by molar-refractivity contribution is 14.0. The number of nitrogens with zero attached hydrogens (tertiary/aromatic N) is 4. The van der Waals surface area contributed by atoms with Gasteiger partial charge in [-0.25, -0.2) is 0 Å². The number of nitrogens with one attached hydrogen (secondary N) is 2. The average Bonchev–Trinajstić information content (AvgIpc) is 3.38. The first-order valence-electron chi connectivity index (χ1n) is 9.66. The second kappa shape index (κ2) is 8.98. The van der Waals surface area contributed by atoms with Crippen LogP contribution in [0.5, 0.6) is 0 Å². The maximum absolute atomic E-state index is 4.51. The van der Waals surface area contributed by atoms with Gasteiger partial charge in [0.25, 0.3) is 0 Å². The summed E-state index contributed by atoms with van der Waals surface area (Å²) in [6.45, 7) is 5.06. The summed E-state index contributed by atoms with van der Waals surface area (Å²) in [5.41, 5.74) is 5.19. The Balaban J connectivity index is 0.00000225.